The third-order valence-electron chi connectivity index (χ3n) is 4.05. The summed E-state index contributed by atoms with van der Waals surface area (Å²) in [6.07, 6.45) is 2.54. The molecule has 0 aliphatic heterocycles. The molecule has 0 saturated carbocycles. The Balaban J connectivity index is 2.08. The summed E-state index contributed by atoms with van der Waals surface area (Å²) in [5.41, 5.74) is 4.69. The van der Waals surface area contributed by atoms with Gasteiger partial charge in [0, 0.05) is 0 Å². The molecular formula is C20H25N3O4S. The number of hydrazone groups is 1. The molecule has 0 fully saturated rings. The van der Waals surface area contributed by atoms with Crippen molar-refractivity contribution in [3.63, 3.8) is 0 Å². The molecule has 1 N–H and O–H groups in total. The van der Waals surface area contributed by atoms with Crippen molar-refractivity contribution in [2.75, 3.05) is 24.2 Å². The van der Waals surface area contributed by atoms with Gasteiger partial charge in [-0.05, 0) is 29.2 Å². The highest BCUT2D eigenvalue weighted by Gasteiger charge is 2.23. The maximum absolute atomic E-state index is 12.2. The van der Waals surface area contributed by atoms with Gasteiger partial charge in [-0.25, -0.2) is 13.8 Å². The van der Waals surface area contributed by atoms with Gasteiger partial charge in [-0.3, -0.25) is 9.10 Å². The van der Waals surface area contributed by atoms with Crippen LogP contribution < -0.4 is 14.5 Å². The highest BCUT2D eigenvalue weighted by Crippen LogP contribution is 2.29. The zero-order valence-corrected chi connectivity index (χ0v) is 17.2. The summed E-state index contributed by atoms with van der Waals surface area (Å²) in [6.45, 7) is 3.81. The zero-order chi connectivity index (χ0) is 20.7. The van der Waals surface area contributed by atoms with Crippen molar-refractivity contribution >= 4 is 27.8 Å². The quantitative estimate of drug-likeness (QED) is 0.542. The number of carbonyl (C=O) groups excluding carboxylic acids is 1. The van der Waals surface area contributed by atoms with Gasteiger partial charge in [-0.15, -0.1) is 0 Å². The highest BCUT2D eigenvalue weighted by atomic mass is 32.2. The molecule has 0 heterocycles. The summed E-state index contributed by atoms with van der Waals surface area (Å²) in [6, 6.07) is 14.4. The lowest BCUT2D eigenvalue weighted by molar-refractivity contribution is -0.119. The molecule has 0 aliphatic carbocycles. The number of para-hydroxylation sites is 2. The topological polar surface area (TPSA) is 88.1 Å². The fourth-order valence-electron chi connectivity index (χ4n) is 2.53. The lowest BCUT2D eigenvalue weighted by Crippen LogP contribution is -2.39. The van der Waals surface area contributed by atoms with E-state index >= 15 is 0 Å². The molecule has 0 unspecified atom stereocenters. The molecule has 0 aliphatic rings. The van der Waals surface area contributed by atoms with Gasteiger partial charge in [0.05, 0.1) is 25.3 Å². The SMILES string of the molecule is COc1ccccc1N(CC(=O)N/N=C\c1ccc(C(C)C)cc1)S(C)(=O)=O. The lowest BCUT2D eigenvalue weighted by Gasteiger charge is -2.23. The molecule has 0 atom stereocenters. The fourth-order valence-corrected chi connectivity index (χ4v) is 3.39. The molecule has 150 valence electrons. The van der Waals surface area contributed by atoms with Crippen LogP contribution in [0.4, 0.5) is 5.69 Å². The molecule has 0 spiro atoms. The smallest absolute Gasteiger partial charge is 0.260 e. The molecule has 8 heteroatoms. The van der Waals surface area contributed by atoms with E-state index in [4.69, 9.17) is 4.74 Å². The van der Waals surface area contributed by atoms with Crippen LogP contribution >= 0.6 is 0 Å². The van der Waals surface area contributed by atoms with Crippen LogP contribution in [0.5, 0.6) is 5.75 Å². The number of hydrogen-bond acceptors (Lipinski definition) is 5. The molecule has 2 aromatic rings. The van der Waals surface area contributed by atoms with Crippen LogP contribution in [0.15, 0.2) is 53.6 Å². The first-order valence-corrected chi connectivity index (χ1v) is 10.6. The third-order valence-corrected chi connectivity index (χ3v) is 5.17. The van der Waals surface area contributed by atoms with E-state index in [0.29, 0.717) is 11.7 Å². The number of benzene rings is 2. The number of hydrogen-bond donors (Lipinski definition) is 1. The Kier molecular flexibility index (Phi) is 7.17. The summed E-state index contributed by atoms with van der Waals surface area (Å²) < 4.78 is 30.5. The number of ether oxygens (including phenoxy) is 1. The largest absolute Gasteiger partial charge is 0.495 e. The summed E-state index contributed by atoms with van der Waals surface area (Å²) in [7, 11) is -2.26. The lowest BCUT2D eigenvalue weighted by atomic mass is 10.0. The standard InChI is InChI=1S/C20H25N3O4S/c1-15(2)17-11-9-16(10-12-17)13-21-22-20(24)14-23(28(4,25)26)18-7-5-6-8-19(18)27-3/h5-13,15H,14H2,1-4H3,(H,22,24)/b21-13-. The van der Waals surface area contributed by atoms with Crippen LogP contribution in [0, 0.1) is 0 Å². The van der Waals surface area contributed by atoms with E-state index in [2.05, 4.69) is 24.4 Å². The van der Waals surface area contributed by atoms with E-state index in [9.17, 15) is 13.2 Å². The van der Waals surface area contributed by atoms with Gasteiger partial charge in [0.1, 0.15) is 12.3 Å². The first-order valence-electron chi connectivity index (χ1n) is 8.75. The number of nitrogens with zero attached hydrogens (tertiary/aromatic N) is 2. The van der Waals surface area contributed by atoms with Gasteiger partial charge >= 0.3 is 0 Å². The molecule has 0 saturated heterocycles. The number of amides is 1. The van der Waals surface area contributed by atoms with E-state index in [1.54, 1.807) is 24.3 Å². The second-order valence-corrected chi connectivity index (χ2v) is 8.46. The summed E-state index contributed by atoms with van der Waals surface area (Å²) in [5.74, 6) is 0.225. The number of methoxy groups -OCH3 is 1. The van der Waals surface area contributed by atoms with Gasteiger partial charge in [0.25, 0.3) is 5.91 Å². The van der Waals surface area contributed by atoms with Crippen LogP contribution in [-0.4, -0.2) is 40.4 Å². The molecule has 0 radical (unpaired) electrons. The van der Waals surface area contributed by atoms with Crippen LogP contribution in [0.1, 0.15) is 30.9 Å². The van der Waals surface area contributed by atoms with Crippen LogP contribution in [-0.2, 0) is 14.8 Å². The minimum atomic E-state index is -3.70. The molecule has 2 aromatic carbocycles. The molecule has 1 amide bonds. The average molecular weight is 404 g/mol. The fraction of sp³-hybridized carbons (Fsp3) is 0.300. The minimum absolute atomic E-state index is 0.288. The maximum atomic E-state index is 12.2. The summed E-state index contributed by atoms with van der Waals surface area (Å²) in [5, 5.41) is 3.91. The number of carbonyl (C=O) groups is 1. The maximum Gasteiger partial charge on any atom is 0.260 e. The summed E-state index contributed by atoms with van der Waals surface area (Å²) >= 11 is 0. The zero-order valence-electron chi connectivity index (χ0n) is 16.4. The Hall–Kier alpha value is -2.87. The average Bonchev–Trinajstić information content (AvgIpc) is 2.65. The van der Waals surface area contributed by atoms with E-state index < -0.39 is 22.5 Å². The molecule has 28 heavy (non-hydrogen) atoms. The Labute approximate surface area is 166 Å². The Morgan fingerprint density at radius 2 is 1.82 bits per heavy atom. The van der Waals surface area contributed by atoms with Crippen molar-refractivity contribution in [3.05, 3.63) is 59.7 Å². The predicted molar refractivity (Wildman–Crippen MR) is 111 cm³/mol. The first kappa shape index (κ1) is 21.4. The molecule has 7 nitrogen and oxygen atoms in total. The van der Waals surface area contributed by atoms with Gasteiger partial charge < -0.3 is 4.74 Å². The molecular weight excluding hydrogens is 378 g/mol. The van der Waals surface area contributed by atoms with Crippen molar-refractivity contribution in [3.8, 4) is 5.75 Å². The third kappa shape index (κ3) is 5.82. The summed E-state index contributed by atoms with van der Waals surface area (Å²) in [4.78, 5) is 12.2. The molecule has 2 rings (SSSR count). The van der Waals surface area contributed by atoms with Crippen LogP contribution in [0.25, 0.3) is 0 Å². The Morgan fingerprint density at radius 1 is 1.18 bits per heavy atom. The van der Waals surface area contributed by atoms with E-state index in [1.165, 1.54) is 18.9 Å². The van der Waals surface area contributed by atoms with E-state index in [1.807, 2.05) is 24.3 Å². The Bertz CT molecular complexity index is 938. The number of rotatable bonds is 8. The molecule has 0 bridgehead atoms. The van der Waals surface area contributed by atoms with Crippen molar-refractivity contribution in [1.29, 1.82) is 0 Å². The number of sulfonamides is 1. The monoisotopic (exact) mass is 403 g/mol. The normalized spacial score (nSPS) is 11.6. The van der Waals surface area contributed by atoms with Gasteiger partial charge in [-0.1, -0.05) is 50.2 Å². The highest BCUT2D eigenvalue weighted by molar-refractivity contribution is 7.92. The van der Waals surface area contributed by atoms with Crippen LogP contribution in [0.2, 0.25) is 0 Å². The van der Waals surface area contributed by atoms with Crippen molar-refractivity contribution < 1.29 is 17.9 Å². The first-order chi connectivity index (χ1) is 13.2. The van der Waals surface area contributed by atoms with Gasteiger partial charge in [0.15, 0.2) is 0 Å². The number of anilines is 1. The van der Waals surface area contributed by atoms with Gasteiger partial charge in [0.2, 0.25) is 10.0 Å². The minimum Gasteiger partial charge on any atom is -0.495 e. The second-order valence-electron chi connectivity index (χ2n) is 6.56. The van der Waals surface area contributed by atoms with Crippen LogP contribution in [0.3, 0.4) is 0 Å². The van der Waals surface area contributed by atoms with E-state index in [-0.39, 0.29) is 5.69 Å². The Morgan fingerprint density at radius 3 is 2.39 bits per heavy atom. The van der Waals surface area contributed by atoms with Crippen molar-refractivity contribution in [1.82, 2.24) is 5.43 Å². The number of nitrogens with one attached hydrogen (secondary N) is 1. The van der Waals surface area contributed by atoms with Crippen molar-refractivity contribution in [2.45, 2.75) is 19.8 Å². The molecule has 0 aromatic heterocycles. The van der Waals surface area contributed by atoms with Gasteiger partial charge in [-0.2, -0.15) is 5.10 Å². The van der Waals surface area contributed by atoms with Crippen molar-refractivity contribution in [2.24, 2.45) is 5.10 Å². The van der Waals surface area contributed by atoms with E-state index in [0.717, 1.165) is 16.1 Å². The second kappa shape index (κ2) is 9.36. The predicted octanol–water partition coefficient (Wildman–Crippen LogP) is 2.73.